The number of aromatic nitrogens is 1. The van der Waals surface area contributed by atoms with Crippen LogP contribution >= 0.6 is 0 Å². The monoisotopic (exact) mass is 963 g/mol. The lowest BCUT2D eigenvalue weighted by atomic mass is 9.12. The fourth-order valence-electron chi connectivity index (χ4n) is 7.12. The first-order chi connectivity index (χ1) is 30.8. The summed E-state index contributed by atoms with van der Waals surface area (Å²) >= 11 is 0. The zero-order chi connectivity index (χ0) is 49.2. The summed E-state index contributed by atoms with van der Waals surface area (Å²) in [6, 6.07) is 12.6. The number of benzene rings is 6. The van der Waals surface area contributed by atoms with Crippen molar-refractivity contribution in [2.75, 3.05) is 0 Å². The van der Waals surface area contributed by atoms with Gasteiger partial charge in [0.25, 0.3) is 0 Å². The van der Waals surface area contributed by atoms with Crippen LogP contribution in [0.15, 0.2) is 60.9 Å². The Labute approximate surface area is 351 Å². The van der Waals surface area contributed by atoms with Crippen molar-refractivity contribution in [1.82, 2.24) is 0 Å². The second kappa shape index (κ2) is 17.7. The van der Waals surface area contributed by atoms with Gasteiger partial charge in [-0.2, -0.15) is 4.57 Å². The van der Waals surface area contributed by atoms with E-state index >= 15 is 35.1 Å². The minimum absolute atomic E-state index is 0.00733. The van der Waals surface area contributed by atoms with Gasteiger partial charge in [0.15, 0.2) is 82.2 Å². The number of rotatable bonds is 7. The molecule has 0 N–H and O–H groups in total. The predicted octanol–water partition coefficient (Wildman–Crippen LogP) is 9.13. The summed E-state index contributed by atoms with van der Waals surface area (Å²) in [4.78, 5) is 12.1. The van der Waals surface area contributed by atoms with E-state index in [4.69, 9.17) is 0 Å². The average Bonchev–Trinajstić information content (AvgIpc) is 3.29. The zero-order valence-corrected chi connectivity index (χ0v) is 31.2. The van der Waals surface area contributed by atoms with E-state index < -0.39 is 162 Å². The Hall–Kier alpha value is -7.08. The summed E-state index contributed by atoms with van der Waals surface area (Å²) in [5, 5.41) is 2.06. The lowest BCUT2D eigenvalue weighted by molar-refractivity contribution is -0.681. The molecule has 0 saturated carbocycles. The number of halogens is 22. The highest BCUT2D eigenvalue weighted by atomic mass is 19.2. The molecule has 66 heavy (non-hydrogen) atoms. The average molecular weight is 963 g/mol. The van der Waals surface area contributed by atoms with Crippen LogP contribution in [-0.2, 0) is 6.54 Å². The lowest BCUT2D eigenvalue weighted by Gasteiger charge is -2.44. The molecule has 0 amide bonds. The molecule has 25 heteroatoms. The number of carbonyl (C=O) groups excluding carboxylic acids is 1. The van der Waals surface area contributed by atoms with E-state index in [2.05, 4.69) is 0 Å². The molecule has 7 aromatic rings. The molecule has 0 aliphatic heterocycles. The molecule has 0 radical (unpaired) electrons. The standard InChI is InChI=1S/C24BF20.C17H12F2NO/c26-5-1(6(27)14(35)21(42)13(5)34)25(2-7(28)15(36)22(43)16(37)8(2)29,3-9(30)17(38)23(44)18(39)10(3)31)4-11(32)19(40)24(45)20(41)12(4)33;18-14-5-6-15(16(19)9-14)17(21)11-20-8-7-12-3-1-2-4-13(12)10-20/h;1-10H,11H2/q-1;+1. The third-order valence-corrected chi connectivity index (χ3v) is 10.0. The van der Waals surface area contributed by atoms with E-state index in [9.17, 15) is 66.3 Å². The number of pyridine rings is 1. The smallest absolute Gasteiger partial charge is 0.230 e. The van der Waals surface area contributed by atoms with Gasteiger partial charge in [-0.3, -0.25) is 4.79 Å². The van der Waals surface area contributed by atoms with Gasteiger partial charge in [-0.15, -0.1) is 21.9 Å². The Balaban J connectivity index is 0.000000284. The van der Waals surface area contributed by atoms with Crippen LogP contribution in [0.25, 0.3) is 10.8 Å². The fraction of sp³-hybridized carbons (Fsp3) is 0.0244. The van der Waals surface area contributed by atoms with Crippen LogP contribution in [0, 0.1) is 128 Å². The quantitative estimate of drug-likeness (QED) is 0.0391. The lowest BCUT2D eigenvalue weighted by Crippen LogP contribution is -2.81. The van der Waals surface area contributed by atoms with Crippen molar-refractivity contribution in [3.63, 3.8) is 0 Å². The predicted molar refractivity (Wildman–Crippen MR) is 184 cm³/mol. The van der Waals surface area contributed by atoms with Crippen LogP contribution in [0.4, 0.5) is 96.6 Å². The van der Waals surface area contributed by atoms with Gasteiger partial charge < -0.3 is 0 Å². The molecule has 0 atom stereocenters. The van der Waals surface area contributed by atoms with E-state index in [0.29, 0.717) is 0 Å². The minimum atomic E-state index is -7.22. The van der Waals surface area contributed by atoms with Crippen molar-refractivity contribution in [3.8, 4) is 0 Å². The Bertz CT molecular complexity index is 2800. The number of Topliss-reactive ketones (excluding diaryl/α,β-unsaturated/α-hetero) is 1. The molecule has 0 unspecified atom stereocenters. The zero-order valence-electron chi connectivity index (χ0n) is 31.2. The van der Waals surface area contributed by atoms with Crippen molar-refractivity contribution in [3.05, 3.63) is 194 Å². The summed E-state index contributed by atoms with van der Waals surface area (Å²) in [5.41, 5.74) is -14.4. The van der Waals surface area contributed by atoms with Gasteiger partial charge in [-0.05, 0) is 23.6 Å². The van der Waals surface area contributed by atoms with Gasteiger partial charge >= 0.3 is 0 Å². The highest BCUT2D eigenvalue weighted by Gasteiger charge is 2.52. The van der Waals surface area contributed by atoms with Gasteiger partial charge in [0.1, 0.15) is 64.3 Å². The second-order valence-electron chi connectivity index (χ2n) is 13.6. The number of hydrogen-bond acceptors (Lipinski definition) is 1. The Morgan fingerprint density at radius 3 is 1.00 bits per heavy atom. The molecule has 1 heterocycles. The summed E-state index contributed by atoms with van der Waals surface area (Å²) in [5.74, 6) is -73.3. The summed E-state index contributed by atoms with van der Waals surface area (Å²) in [7, 11) is 0. The Kier molecular flexibility index (Phi) is 13.0. The molecule has 7 rings (SSSR count). The Morgan fingerprint density at radius 1 is 0.379 bits per heavy atom. The number of hydrogen-bond donors (Lipinski definition) is 0. The van der Waals surface area contributed by atoms with Crippen LogP contribution in [0.3, 0.4) is 0 Å². The van der Waals surface area contributed by atoms with Crippen molar-refractivity contribution in [1.29, 1.82) is 0 Å². The summed E-state index contributed by atoms with van der Waals surface area (Å²) in [6.45, 7) is 0.00733. The van der Waals surface area contributed by atoms with Gasteiger partial charge in [-0.1, -0.05) is 18.2 Å². The normalized spacial score (nSPS) is 11.6. The first kappa shape index (κ1) is 48.4. The second-order valence-corrected chi connectivity index (χ2v) is 13.6. The van der Waals surface area contributed by atoms with Crippen LogP contribution in [0.2, 0.25) is 0 Å². The van der Waals surface area contributed by atoms with Gasteiger partial charge in [0.2, 0.25) is 12.3 Å². The molecule has 0 saturated heterocycles. The fourth-order valence-corrected chi connectivity index (χ4v) is 7.12. The van der Waals surface area contributed by atoms with Crippen molar-refractivity contribution >= 4 is 44.6 Å². The highest BCUT2D eigenvalue weighted by molar-refractivity contribution is 7.20. The van der Waals surface area contributed by atoms with Crippen LogP contribution < -0.4 is 26.4 Å². The van der Waals surface area contributed by atoms with Gasteiger partial charge in [-0.25, -0.2) is 96.6 Å². The number of carbonyl (C=O) groups is 1. The van der Waals surface area contributed by atoms with Crippen LogP contribution in [-0.4, -0.2) is 11.9 Å². The first-order valence-electron chi connectivity index (χ1n) is 17.4. The van der Waals surface area contributed by atoms with Gasteiger partial charge in [0.05, 0.1) is 5.56 Å². The maximum absolute atomic E-state index is 15.4. The van der Waals surface area contributed by atoms with Crippen LogP contribution in [0.1, 0.15) is 10.4 Å². The Morgan fingerprint density at radius 2 is 0.682 bits per heavy atom. The summed E-state index contributed by atoms with van der Waals surface area (Å²) in [6.07, 6.45) is -3.62. The topological polar surface area (TPSA) is 20.9 Å². The third kappa shape index (κ3) is 7.51. The van der Waals surface area contributed by atoms with E-state index in [1.54, 1.807) is 10.8 Å². The molecular formula is C41H12BF22NO. The molecule has 0 bridgehead atoms. The molecule has 6 aromatic carbocycles. The number of nitrogens with zero attached hydrogens (tertiary/aromatic N) is 1. The molecule has 1 aromatic heterocycles. The third-order valence-electron chi connectivity index (χ3n) is 10.0. The molecule has 344 valence electrons. The SMILES string of the molecule is Fc1c(F)c(F)c([B-](c2c(F)c(F)c(F)c(F)c2F)(c2c(F)c(F)c(F)c(F)c2F)c2c(F)c(F)c(F)c(F)c2F)c(F)c1F.O=C(C[n+]1ccc2ccccc2c1)c1ccc(F)cc1F. The maximum atomic E-state index is 15.4. The largest absolute Gasteiger partial charge is 0.287 e. The first-order valence-corrected chi connectivity index (χ1v) is 17.4. The van der Waals surface area contributed by atoms with Crippen LogP contribution in [0.5, 0.6) is 0 Å². The van der Waals surface area contributed by atoms with E-state index in [1.807, 2.05) is 36.5 Å². The minimum Gasteiger partial charge on any atom is -0.287 e. The number of ketones is 1. The molecular weight excluding hydrogens is 951 g/mol. The van der Waals surface area contributed by atoms with E-state index in [-0.39, 0.29) is 12.1 Å². The highest BCUT2D eigenvalue weighted by Crippen LogP contribution is 2.31. The van der Waals surface area contributed by atoms with Crippen molar-refractivity contribution in [2.24, 2.45) is 0 Å². The summed E-state index contributed by atoms with van der Waals surface area (Å²) < 4.78 is 322. The molecule has 0 fully saturated rings. The van der Waals surface area contributed by atoms with E-state index in [1.165, 1.54) is 6.07 Å². The molecule has 0 spiro atoms. The maximum Gasteiger partial charge on any atom is 0.230 e. The van der Waals surface area contributed by atoms with Crippen molar-refractivity contribution < 1.29 is 106 Å². The molecule has 0 aliphatic rings. The number of fused-ring (bicyclic) bond motifs is 1. The molecule has 2 nitrogen and oxygen atoms in total. The molecule has 0 aliphatic carbocycles. The van der Waals surface area contributed by atoms with Gasteiger partial charge in [0, 0.05) is 17.5 Å². The van der Waals surface area contributed by atoms with Crippen molar-refractivity contribution in [2.45, 2.75) is 6.54 Å². The van der Waals surface area contributed by atoms with E-state index in [0.717, 1.165) is 22.9 Å².